The van der Waals surface area contributed by atoms with Crippen molar-refractivity contribution in [3.63, 3.8) is 0 Å². The van der Waals surface area contributed by atoms with Gasteiger partial charge in [0.05, 0.1) is 12.6 Å². The molecule has 1 heterocycles. The number of carbonyl (C=O) groups is 1. The smallest absolute Gasteiger partial charge is 0.234 e. The quantitative estimate of drug-likeness (QED) is 0.626. The molecule has 76 valence electrons. The van der Waals surface area contributed by atoms with Crippen molar-refractivity contribution >= 4 is 5.91 Å². The predicted octanol–water partition coefficient (Wildman–Crippen LogP) is -0.456. The standard InChI is InChI=1S/C9H19N3O/c1-3-7(2)12-5-8(4-10)11-9(13)6-12/h7-8H,3-6,10H2,1-2H3,(H,11,13). The maximum atomic E-state index is 11.3. The van der Waals surface area contributed by atoms with Gasteiger partial charge in [-0.1, -0.05) is 6.92 Å². The van der Waals surface area contributed by atoms with Gasteiger partial charge in [-0.3, -0.25) is 9.69 Å². The third-order valence-electron chi connectivity index (χ3n) is 2.67. The zero-order valence-corrected chi connectivity index (χ0v) is 8.42. The topological polar surface area (TPSA) is 58.4 Å². The normalized spacial score (nSPS) is 27.0. The maximum Gasteiger partial charge on any atom is 0.234 e. The fourth-order valence-electron chi connectivity index (χ4n) is 1.58. The Balaban J connectivity index is 2.51. The Bertz CT molecular complexity index is 184. The van der Waals surface area contributed by atoms with E-state index in [4.69, 9.17) is 5.73 Å². The molecule has 13 heavy (non-hydrogen) atoms. The lowest BCUT2D eigenvalue weighted by Gasteiger charge is -2.36. The lowest BCUT2D eigenvalue weighted by Crippen LogP contribution is -2.58. The van der Waals surface area contributed by atoms with Crippen LogP contribution in [0.15, 0.2) is 0 Å². The highest BCUT2D eigenvalue weighted by molar-refractivity contribution is 5.79. The van der Waals surface area contributed by atoms with Gasteiger partial charge in [-0.2, -0.15) is 0 Å². The Labute approximate surface area is 79.5 Å². The van der Waals surface area contributed by atoms with E-state index < -0.39 is 0 Å². The minimum Gasteiger partial charge on any atom is -0.350 e. The number of nitrogens with two attached hydrogens (primary N) is 1. The maximum absolute atomic E-state index is 11.3. The van der Waals surface area contributed by atoms with Crippen LogP contribution in [0.5, 0.6) is 0 Å². The monoisotopic (exact) mass is 185 g/mol. The molecule has 1 amide bonds. The number of amides is 1. The van der Waals surface area contributed by atoms with Crippen molar-refractivity contribution < 1.29 is 4.79 Å². The van der Waals surface area contributed by atoms with Crippen molar-refractivity contribution in [2.45, 2.75) is 32.4 Å². The molecule has 3 N–H and O–H groups in total. The second kappa shape index (κ2) is 4.58. The molecular formula is C9H19N3O. The molecular weight excluding hydrogens is 166 g/mol. The van der Waals surface area contributed by atoms with Gasteiger partial charge < -0.3 is 11.1 Å². The highest BCUT2D eigenvalue weighted by Crippen LogP contribution is 2.07. The fourth-order valence-corrected chi connectivity index (χ4v) is 1.58. The first-order chi connectivity index (χ1) is 6.17. The van der Waals surface area contributed by atoms with E-state index in [9.17, 15) is 4.79 Å². The highest BCUT2D eigenvalue weighted by Gasteiger charge is 2.25. The van der Waals surface area contributed by atoms with E-state index in [0.717, 1.165) is 13.0 Å². The molecule has 0 aromatic carbocycles. The number of hydrogen-bond acceptors (Lipinski definition) is 3. The molecule has 1 fully saturated rings. The summed E-state index contributed by atoms with van der Waals surface area (Å²) in [5, 5.41) is 2.87. The second-order valence-electron chi connectivity index (χ2n) is 3.69. The number of nitrogens with one attached hydrogen (secondary N) is 1. The summed E-state index contributed by atoms with van der Waals surface area (Å²) >= 11 is 0. The molecule has 4 heteroatoms. The van der Waals surface area contributed by atoms with Gasteiger partial charge in [0.1, 0.15) is 0 Å². The van der Waals surface area contributed by atoms with Gasteiger partial charge in [0, 0.05) is 19.1 Å². The fraction of sp³-hybridized carbons (Fsp3) is 0.889. The Hall–Kier alpha value is -0.610. The van der Waals surface area contributed by atoms with Crippen LogP contribution in [-0.2, 0) is 4.79 Å². The molecule has 0 radical (unpaired) electrons. The van der Waals surface area contributed by atoms with E-state index >= 15 is 0 Å². The van der Waals surface area contributed by atoms with Gasteiger partial charge in [0.25, 0.3) is 0 Å². The van der Waals surface area contributed by atoms with Crippen LogP contribution in [-0.4, -0.2) is 42.5 Å². The summed E-state index contributed by atoms with van der Waals surface area (Å²) in [5.41, 5.74) is 5.53. The summed E-state index contributed by atoms with van der Waals surface area (Å²) in [5.74, 6) is 0.0991. The van der Waals surface area contributed by atoms with Gasteiger partial charge in [0.2, 0.25) is 5.91 Å². The van der Waals surface area contributed by atoms with Crippen molar-refractivity contribution in [3.8, 4) is 0 Å². The largest absolute Gasteiger partial charge is 0.350 e. The zero-order chi connectivity index (χ0) is 9.84. The van der Waals surface area contributed by atoms with Crippen LogP contribution in [0.25, 0.3) is 0 Å². The first-order valence-corrected chi connectivity index (χ1v) is 4.90. The minimum atomic E-state index is 0.0991. The van der Waals surface area contributed by atoms with E-state index in [2.05, 4.69) is 24.1 Å². The summed E-state index contributed by atoms with van der Waals surface area (Å²) in [6.07, 6.45) is 1.07. The number of nitrogens with zero attached hydrogens (tertiary/aromatic N) is 1. The predicted molar refractivity (Wildman–Crippen MR) is 52.3 cm³/mol. The molecule has 0 aliphatic carbocycles. The van der Waals surface area contributed by atoms with Crippen molar-refractivity contribution in [3.05, 3.63) is 0 Å². The van der Waals surface area contributed by atoms with Gasteiger partial charge in [-0.25, -0.2) is 0 Å². The molecule has 2 atom stereocenters. The zero-order valence-electron chi connectivity index (χ0n) is 8.42. The van der Waals surface area contributed by atoms with Gasteiger partial charge in [-0.15, -0.1) is 0 Å². The Morgan fingerprint density at radius 2 is 2.46 bits per heavy atom. The number of piperazine rings is 1. The van der Waals surface area contributed by atoms with Gasteiger partial charge in [0.15, 0.2) is 0 Å². The minimum absolute atomic E-state index is 0.0991. The van der Waals surface area contributed by atoms with Gasteiger partial charge in [-0.05, 0) is 13.3 Å². The number of hydrogen-bond donors (Lipinski definition) is 2. The van der Waals surface area contributed by atoms with Crippen LogP contribution in [0.1, 0.15) is 20.3 Å². The molecule has 1 saturated heterocycles. The SMILES string of the molecule is CCC(C)N1CC(=O)NC(CN)C1. The van der Waals surface area contributed by atoms with Crippen molar-refractivity contribution in [2.24, 2.45) is 5.73 Å². The van der Waals surface area contributed by atoms with Crippen LogP contribution in [0, 0.1) is 0 Å². The summed E-state index contributed by atoms with van der Waals surface area (Å²) in [7, 11) is 0. The lowest BCUT2D eigenvalue weighted by atomic mass is 10.1. The first-order valence-electron chi connectivity index (χ1n) is 4.90. The second-order valence-corrected chi connectivity index (χ2v) is 3.69. The molecule has 0 aromatic heterocycles. The molecule has 4 nitrogen and oxygen atoms in total. The third kappa shape index (κ3) is 2.67. The molecule has 0 bridgehead atoms. The van der Waals surface area contributed by atoms with Crippen molar-refractivity contribution in [1.82, 2.24) is 10.2 Å². The van der Waals surface area contributed by atoms with Crippen molar-refractivity contribution in [1.29, 1.82) is 0 Å². The molecule has 0 saturated carbocycles. The number of rotatable bonds is 3. The molecule has 0 aromatic rings. The number of carbonyl (C=O) groups excluding carboxylic acids is 1. The Morgan fingerprint density at radius 3 is 3.00 bits per heavy atom. The lowest BCUT2D eigenvalue weighted by molar-refractivity contribution is -0.126. The first kappa shape index (κ1) is 10.5. The Morgan fingerprint density at radius 1 is 1.77 bits per heavy atom. The van der Waals surface area contributed by atoms with E-state index in [1.807, 2.05) is 0 Å². The third-order valence-corrected chi connectivity index (χ3v) is 2.67. The van der Waals surface area contributed by atoms with E-state index in [1.165, 1.54) is 0 Å². The molecule has 2 unspecified atom stereocenters. The molecule has 1 aliphatic heterocycles. The molecule has 1 aliphatic rings. The van der Waals surface area contributed by atoms with E-state index in [1.54, 1.807) is 0 Å². The average molecular weight is 185 g/mol. The summed E-state index contributed by atoms with van der Waals surface area (Å²) in [6.45, 7) is 6.21. The molecule has 1 rings (SSSR count). The Kier molecular flexibility index (Phi) is 3.69. The summed E-state index contributed by atoms with van der Waals surface area (Å²) in [4.78, 5) is 13.4. The van der Waals surface area contributed by atoms with Crippen molar-refractivity contribution in [2.75, 3.05) is 19.6 Å². The van der Waals surface area contributed by atoms with Gasteiger partial charge >= 0.3 is 0 Å². The van der Waals surface area contributed by atoms with Crippen LogP contribution in [0.3, 0.4) is 0 Å². The van der Waals surface area contributed by atoms with E-state index in [-0.39, 0.29) is 11.9 Å². The summed E-state index contributed by atoms with van der Waals surface area (Å²) < 4.78 is 0. The van der Waals surface area contributed by atoms with Crippen LogP contribution in [0.2, 0.25) is 0 Å². The average Bonchev–Trinajstić information content (AvgIpc) is 2.15. The van der Waals surface area contributed by atoms with Crippen LogP contribution in [0.4, 0.5) is 0 Å². The van der Waals surface area contributed by atoms with Crippen LogP contribution >= 0.6 is 0 Å². The highest BCUT2D eigenvalue weighted by atomic mass is 16.2. The van der Waals surface area contributed by atoms with E-state index in [0.29, 0.717) is 19.1 Å². The van der Waals surface area contributed by atoms with Crippen LogP contribution < -0.4 is 11.1 Å². The molecule has 0 spiro atoms. The summed E-state index contributed by atoms with van der Waals surface area (Å²) in [6, 6.07) is 0.607.